The van der Waals surface area contributed by atoms with Crippen molar-refractivity contribution in [3.05, 3.63) is 85.7 Å². The minimum absolute atomic E-state index is 0.123. The van der Waals surface area contributed by atoms with E-state index in [0.717, 1.165) is 16.7 Å². The van der Waals surface area contributed by atoms with E-state index >= 15 is 0 Å². The Morgan fingerprint density at radius 3 is 2.39 bits per heavy atom. The maximum Gasteiger partial charge on any atom is 0.244 e. The molecule has 2 aromatic heterocycles. The molecular formula is C18H14ClNOS2. The molecule has 0 fully saturated rings. The molecule has 1 amide bonds. The van der Waals surface area contributed by atoms with E-state index in [1.54, 1.807) is 28.7 Å². The fourth-order valence-corrected chi connectivity index (χ4v) is 3.63. The molecule has 1 aromatic carbocycles. The monoisotopic (exact) mass is 359 g/mol. The molecule has 3 rings (SSSR count). The number of amides is 1. The smallest absolute Gasteiger partial charge is 0.244 e. The summed E-state index contributed by atoms with van der Waals surface area (Å²) in [6.45, 7) is 0. The van der Waals surface area contributed by atoms with Crippen LogP contribution in [0.2, 0.25) is 5.02 Å². The largest absolute Gasteiger partial charge is 0.342 e. The molecule has 116 valence electrons. The number of carbonyl (C=O) groups excluding carboxylic acids is 1. The van der Waals surface area contributed by atoms with Gasteiger partial charge in [-0.05, 0) is 68.6 Å². The Balaban J connectivity index is 1.79. The maximum absolute atomic E-state index is 12.3. The van der Waals surface area contributed by atoms with Crippen LogP contribution in [0.25, 0.3) is 6.08 Å². The van der Waals surface area contributed by atoms with E-state index in [4.69, 9.17) is 11.6 Å². The molecule has 1 atom stereocenters. The van der Waals surface area contributed by atoms with Crippen molar-refractivity contribution < 1.29 is 4.79 Å². The standard InChI is InChI=1S/C18H14ClNOS2/c19-16-4-2-14(3-5-16)18(15-8-10-23-12-15)20-17(21)6-1-13-7-9-22-11-13/h1-12,18H,(H,20,21)/b6-1+. The number of thiophene rings is 2. The van der Waals surface area contributed by atoms with Gasteiger partial charge in [-0.15, -0.1) is 0 Å². The zero-order chi connectivity index (χ0) is 16.1. The summed E-state index contributed by atoms with van der Waals surface area (Å²) in [5, 5.41) is 11.8. The summed E-state index contributed by atoms with van der Waals surface area (Å²) in [7, 11) is 0. The molecule has 1 N–H and O–H groups in total. The van der Waals surface area contributed by atoms with Crippen molar-refractivity contribution in [1.29, 1.82) is 0 Å². The second-order valence-electron chi connectivity index (χ2n) is 4.94. The summed E-state index contributed by atoms with van der Waals surface area (Å²) in [4.78, 5) is 12.3. The van der Waals surface area contributed by atoms with Crippen LogP contribution in [0.5, 0.6) is 0 Å². The van der Waals surface area contributed by atoms with Gasteiger partial charge in [-0.25, -0.2) is 0 Å². The fourth-order valence-electron chi connectivity index (χ4n) is 2.19. The third-order valence-corrected chi connectivity index (χ3v) is 4.99. The quantitative estimate of drug-likeness (QED) is 0.608. The maximum atomic E-state index is 12.3. The number of carbonyl (C=O) groups is 1. The van der Waals surface area contributed by atoms with Crippen molar-refractivity contribution in [3.8, 4) is 0 Å². The molecule has 0 aliphatic carbocycles. The van der Waals surface area contributed by atoms with Crippen molar-refractivity contribution in [2.24, 2.45) is 0 Å². The summed E-state index contributed by atoms with van der Waals surface area (Å²) in [5.74, 6) is -0.123. The predicted octanol–water partition coefficient (Wildman–Crippen LogP) is 5.38. The molecule has 0 radical (unpaired) electrons. The van der Waals surface area contributed by atoms with Gasteiger partial charge in [0.1, 0.15) is 0 Å². The number of halogens is 1. The average molecular weight is 360 g/mol. The lowest BCUT2D eigenvalue weighted by Gasteiger charge is -2.17. The lowest BCUT2D eigenvalue weighted by Crippen LogP contribution is -2.27. The molecule has 5 heteroatoms. The highest BCUT2D eigenvalue weighted by atomic mass is 35.5. The summed E-state index contributed by atoms with van der Waals surface area (Å²) >= 11 is 9.18. The Bertz CT molecular complexity index is 777. The van der Waals surface area contributed by atoms with E-state index in [2.05, 4.69) is 5.32 Å². The van der Waals surface area contributed by atoms with Crippen molar-refractivity contribution in [2.45, 2.75) is 6.04 Å². The van der Waals surface area contributed by atoms with Gasteiger partial charge in [0.15, 0.2) is 0 Å². The van der Waals surface area contributed by atoms with E-state index in [0.29, 0.717) is 5.02 Å². The van der Waals surface area contributed by atoms with E-state index in [1.807, 2.05) is 64.0 Å². The van der Waals surface area contributed by atoms with Crippen LogP contribution in [-0.2, 0) is 4.79 Å². The fraction of sp³-hybridized carbons (Fsp3) is 0.0556. The third-order valence-electron chi connectivity index (χ3n) is 3.34. The molecule has 0 bridgehead atoms. The molecular weight excluding hydrogens is 346 g/mol. The van der Waals surface area contributed by atoms with Gasteiger partial charge in [-0.3, -0.25) is 4.79 Å². The zero-order valence-electron chi connectivity index (χ0n) is 12.1. The second kappa shape index (κ2) is 7.59. The van der Waals surface area contributed by atoms with E-state index in [-0.39, 0.29) is 11.9 Å². The van der Waals surface area contributed by atoms with Gasteiger partial charge in [0.25, 0.3) is 0 Å². The van der Waals surface area contributed by atoms with Crippen LogP contribution in [0.15, 0.2) is 64.0 Å². The molecule has 0 aliphatic heterocycles. The zero-order valence-corrected chi connectivity index (χ0v) is 14.5. The van der Waals surface area contributed by atoms with Gasteiger partial charge < -0.3 is 5.32 Å². The van der Waals surface area contributed by atoms with Crippen LogP contribution >= 0.6 is 34.3 Å². The normalized spacial score (nSPS) is 12.4. The molecule has 2 nitrogen and oxygen atoms in total. The predicted molar refractivity (Wildman–Crippen MR) is 99.1 cm³/mol. The highest BCUT2D eigenvalue weighted by molar-refractivity contribution is 7.08. The molecule has 3 aromatic rings. The van der Waals surface area contributed by atoms with Crippen molar-refractivity contribution >= 4 is 46.3 Å². The second-order valence-corrected chi connectivity index (χ2v) is 6.94. The van der Waals surface area contributed by atoms with Gasteiger partial charge in [-0.1, -0.05) is 23.7 Å². The minimum Gasteiger partial charge on any atom is -0.342 e. The first kappa shape index (κ1) is 16.0. The summed E-state index contributed by atoms with van der Waals surface area (Å²) in [6, 6.07) is 11.4. The number of nitrogens with one attached hydrogen (secondary N) is 1. The molecule has 1 unspecified atom stereocenters. The number of hydrogen-bond donors (Lipinski definition) is 1. The molecule has 23 heavy (non-hydrogen) atoms. The van der Waals surface area contributed by atoms with Crippen molar-refractivity contribution in [2.75, 3.05) is 0 Å². The minimum atomic E-state index is -0.182. The van der Waals surface area contributed by atoms with Gasteiger partial charge in [0.2, 0.25) is 5.91 Å². The molecule has 0 saturated carbocycles. The van der Waals surface area contributed by atoms with Crippen LogP contribution in [0.1, 0.15) is 22.7 Å². The number of hydrogen-bond acceptors (Lipinski definition) is 3. The first-order chi connectivity index (χ1) is 11.2. The van der Waals surface area contributed by atoms with Crippen LogP contribution in [-0.4, -0.2) is 5.91 Å². The lowest BCUT2D eigenvalue weighted by atomic mass is 10.0. The highest BCUT2D eigenvalue weighted by Gasteiger charge is 2.16. The first-order valence-electron chi connectivity index (χ1n) is 7.01. The van der Waals surface area contributed by atoms with Crippen LogP contribution < -0.4 is 5.32 Å². The van der Waals surface area contributed by atoms with E-state index in [1.165, 1.54) is 0 Å². The van der Waals surface area contributed by atoms with Gasteiger partial charge in [0.05, 0.1) is 6.04 Å². The Morgan fingerprint density at radius 2 is 1.74 bits per heavy atom. The van der Waals surface area contributed by atoms with Gasteiger partial charge in [-0.2, -0.15) is 22.7 Å². The van der Waals surface area contributed by atoms with E-state index in [9.17, 15) is 4.79 Å². The Morgan fingerprint density at radius 1 is 1.00 bits per heavy atom. The third kappa shape index (κ3) is 4.32. The van der Waals surface area contributed by atoms with Gasteiger partial charge in [0, 0.05) is 11.1 Å². The Labute approximate surface area is 148 Å². The molecule has 0 saturated heterocycles. The number of benzene rings is 1. The van der Waals surface area contributed by atoms with Crippen LogP contribution in [0.4, 0.5) is 0 Å². The Hall–Kier alpha value is -1.88. The van der Waals surface area contributed by atoms with E-state index < -0.39 is 0 Å². The van der Waals surface area contributed by atoms with Crippen molar-refractivity contribution in [1.82, 2.24) is 5.32 Å². The molecule has 0 spiro atoms. The van der Waals surface area contributed by atoms with Crippen LogP contribution in [0.3, 0.4) is 0 Å². The lowest BCUT2D eigenvalue weighted by molar-refractivity contribution is -0.116. The summed E-state index contributed by atoms with van der Waals surface area (Å²) < 4.78 is 0. The van der Waals surface area contributed by atoms with Crippen molar-refractivity contribution in [3.63, 3.8) is 0 Å². The van der Waals surface area contributed by atoms with Crippen LogP contribution in [0, 0.1) is 0 Å². The number of rotatable bonds is 5. The Kier molecular flexibility index (Phi) is 5.28. The SMILES string of the molecule is O=C(/C=C/c1ccsc1)NC(c1ccc(Cl)cc1)c1ccsc1. The first-order valence-corrected chi connectivity index (χ1v) is 9.27. The molecule has 0 aliphatic rings. The topological polar surface area (TPSA) is 29.1 Å². The summed E-state index contributed by atoms with van der Waals surface area (Å²) in [6.07, 6.45) is 3.38. The summed E-state index contributed by atoms with van der Waals surface area (Å²) in [5.41, 5.74) is 3.10. The average Bonchev–Trinajstić information content (AvgIpc) is 3.25. The van der Waals surface area contributed by atoms with Gasteiger partial charge >= 0.3 is 0 Å². The highest BCUT2D eigenvalue weighted by Crippen LogP contribution is 2.25. The molecule has 2 heterocycles.